The number of nitrogens with zero attached hydrogens (tertiary/aromatic N) is 2. The van der Waals surface area contributed by atoms with Crippen LogP contribution in [-0.2, 0) is 28.9 Å². The van der Waals surface area contributed by atoms with E-state index in [-0.39, 0.29) is 23.8 Å². The van der Waals surface area contributed by atoms with Crippen molar-refractivity contribution in [3.8, 4) is 0 Å². The van der Waals surface area contributed by atoms with E-state index in [1.54, 1.807) is 16.2 Å². The third-order valence-electron chi connectivity index (χ3n) is 6.43. The standard InChI is InChI=1S/C20H23N5O4S/c26-14(25-9-7-20(8-10-25)18(28)23-19(29)24-20)6-5-13-21-16(27)15-11-3-1-2-4-12(11)30-17(15)22-13/h1-10H2,(H,21,22,27)(H2,23,24,28,29). The molecule has 2 saturated heterocycles. The Labute approximate surface area is 176 Å². The number of amides is 4. The summed E-state index contributed by atoms with van der Waals surface area (Å²) in [6.07, 6.45) is 5.62. The van der Waals surface area contributed by atoms with Gasteiger partial charge in [-0.05, 0) is 44.1 Å². The minimum absolute atomic E-state index is 0.0391. The second-order valence-corrected chi connectivity index (χ2v) is 9.36. The minimum atomic E-state index is -0.885. The van der Waals surface area contributed by atoms with E-state index in [1.807, 2.05) is 0 Å². The molecule has 0 radical (unpaired) electrons. The highest BCUT2D eigenvalue weighted by Crippen LogP contribution is 2.33. The van der Waals surface area contributed by atoms with Crippen LogP contribution < -0.4 is 16.2 Å². The first kappa shape index (κ1) is 19.2. The van der Waals surface area contributed by atoms with Crippen LogP contribution in [0.1, 0.15) is 48.4 Å². The monoisotopic (exact) mass is 429 g/mol. The molecule has 2 aromatic heterocycles. The van der Waals surface area contributed by atoms with Gasteiger partial charge in [-0.1, -0.05) is 0 Å². The molecule has 1 aliphatic carbocycles. The number of carbonyl (C=O) groups is 3. The van der Waals surface area contributed by atoms with Gasteiger partial charge in [-0.25, -0.2) is 9.78 Å². The fourth-order valence-electron chi connectivity index (χ4n) is 4.73. The lowest BCUT2D eigenvalue weighted by molar-refractivity contribution is -0.135. The van der Waals surface area contributed by atoms with Crippen molar-refractivity contribution >= 4 is 39.4 Å². The molecule has 3 N–H and O–H groups in total. The fourth-order valence-corrected chi connectivity index (χ4v) is 6.01. The normalized spacial score (nSPS) is 20.3. The van der Waals surface area contributed by atoms with Crippen molar-refractivity contribution in [2.24, 2.45) is 0 Å². The number of aryl methyl sites for hydroxylation is 3. The Hall–Kier alpha value is -2.75. The second-order valence-electron chi connectivity index (χ2n) is 8.27. The lowest BCUT2D eigenvalue weighted by atomic mass is 9.87. The lowest BCUT2D eigenvalue weighted by Gasteiger charge is -2.37. The molecule has 9 nitrogen and oxygen atoms in total. The Balaban J connectivity index is 1.24. The molecule has 2 aromatic rings. The molecular formula is C20H23N5O4S. The Kier molecular flexibility index (Phi) is 4.61. The van der Waals surface area contributed by atoms with Crippen molar-refractivity contribution in [1.29, 1.82) is 0 Å². The maximum Gasteiger partial charge on any atom is 0.322 e. The van der Waals surface area contributed by atoms with Gasteiger partial charge >= 0.3 is 6.03 Å². The minimum Gasteiger partial charge on any atom is -0.342 e. The van der Waals surface area contributed by atoms with Gasteiger partial charge in [0.25, 0.3) is 11.5 Å². The van der Waals surface area contributed by atoms with E-state index >= 15 is 0 Å². The Morgan fingerprint density at radius 1 is 1.13 bits per heavy atom. The Morgan fingerprint density at radius 3 is 2.63 bits per heavy atom. The molecule has 1 spiro atoms. The molecule has 3 aliphatic rings. The number of imide groups is 1. The second kappa shape index (κ2) is 7.19. The summed E-state index contributed by atoms with van der Waals surface area (Å²) in [5.41, 5.74) is 0.164. The zero-order valence-electron chi connectivity index (χ0n) is 16.5. The first-order chi connectivity index (χ1) is 14.4. The van der Waals surface area contributed by atoms with Gasteiger partial charge in [0.15, 0.2) is 0 Å². The molecule has 0 atom stereocenters. The molecule has 4 amide bonds. The van der Waals surface area contributed by atoms with Crippen LogP contribution in [-0.4, -0.2) is 51.3 Å². The Bertz CT molecular complexity index is 1110. The smallest absolute Gasteiger partial charge is 0.322 e. The van der Waals surface area contributed by atoms with Crippen molar-refractivity contribution < 1.29 is 14.4 Å². The number of hydrogen-bond donors (Lipinski definition) is 3. The molecule has 158 valence electrons. The van der Waals surface area contributed by atoms with Gasteiger partial charge in [0.1, 0.15) is 16.2 Å². The average Bonchev–Trinajstić information content (AvgIpc) is 3.23. The van der Waals surface area contributed by atoms with Crippen LogP contribution >= 0.6 is 11.3 Å². The molecule has 0 unspecified atom stereocenters. The number of likely N-dealkylation sites (tertiary alicyclic amines) is 1. The maximum atomic E-state index is 12.6. The molecule has 30 heavy (non-hydrogen) atoms. The predicted molar refractivity (Wildman–Crippen MR) is 110 cm³/mol. The van der Waals surface area contributed by atoms with Gasteiger partial charge in [0.2, 0.25) is 5.91 Å². The molecule has 0 bridgehead atoms. The summed E-state index contributed by atoms with van der Waals surface area (Å²) >= 11 is 1.60. The number of aromatic amines is 1. The Morgan fingerprint density at radius 2 is 1.90 bits per heavy atom. The summed E-state index contributed by atoms with van der Waals surface area (Å²) in [6.45, 7) is 0.820. The van der Waals surface area contributed by atoms with E-state index < -0.39 is 11.6 Å². The number of fused-ring (bicyclic) bond motifs is 3. The largest absolute Gasteiger partial charge is 0.342 e. The number of thiophene rings is 1. The van der Waals surface area contributed by atoms with Gasteiger partial charge in [-0.3, -0.25) is 19.7 Å². The highest BCUT2D eigenvalue weighted by Gasteiger charge is 2.48. The summed E-state index contributed by atoms with van der Waals surface area (Å²) < 4.78 is 0. The number of nitrogens with one attached hydrogen (secondary N) is 3. The van der Waals surface area contributed by atoms with Crippen molar-refractivity contribution in [2.45, 2.75) is 56.9 Å². The number of urea groups is 1. The van der Waals surface area contributed by atoms with E-state index in [4.69, 9.17) is 0 Å². The summed E-state index contributed by atoms with van der Waals surface area (Å²) in [5, 5.41) is 5.69. The molecular weight excluding hydrogens is 406 g/mol. The fraction of sp³-hybridized carbons (Fsp3) is 0.550. The molecule has 2 aliphatic heterocycles. The highest BCUT2D eigenvalue weighted by molar-refractivity contribution is 7.18. The van der Waals surface area contributed by atoms with Crippen LogP contribution in [0.25, 0.3) is 10.2 Å². The highest BCUT2D eigenvalue weighted by atomic mass is 32.1. The average molecular weight is 430 g/mol. The van der Waals surface area contributed by atoms with Crippen LogP contribution in [0, 0.1) is 0 Å². The van der Waals surface area contributed by atoms with E-state index in [1.165, 1.54) is 4.88 Å². The number of piperidine rings is 1. The van der Waals surface area contributed by atoms with E-state index in [9.17, 15) is 19.2 Å². The van der Waals surface area contributed by atoms with Gasteiger partial charge in [-0.15, -0.1) is 11.3 Å². The van der Waals surface area contributed by atoms with E-state index in [0.717, 1.165) is 41.5 Å². The quantitative estimate of drug-likeness (QED) is 0.628. The molecule has 5 rings (SSSR count). The number of rotatable bonds is 3. The molecule has 0 aromatic carbocycles. The van der Waals surface area contributed by atoms with Crippen molar-refractivity contribution in [3.05, 3.63) is 26.6 Å². The molecule has 10 heteroatoms. The summed E-state index contributed by atoms with van der Waals surface area (Å²) in [4.78, 5) is 60.0. The zero-order chi connectivity index (χ0) is 20.9. The lowest BCUT2D eigenvalue weighted by Crippen LogP contribution is -2.55. The predicted octanol–water partition coefficient (Wildman–Crippen LogP) is 0.997. The number of carbonyl (C=O) groups excluding carboxylic acids is 3. The summed E-state index contributed by atoms with van der Waals surface area (Å²) in [5.74, 6) is 0.187. The van der Waals surface area contributed by atoms with Crippen LogP contribution in [0.2, 0.25) is 0 Å². The topological polar surface area (TPSA) is 124 Å². The van der Waals surface area contributed by atoms with Gasteiger partial charge in [0.05, 0.1) is 5.39 Å². The van der Waals surface area contributed by atoms with Crippen LogP contribution in [0.3, 0.4) is 0 Å². The summed E-state index contributed by atoms with van der Waals surface area (Å²) in [6, 6.07) is -0.472. The van der Waals surface area contributed by atoms with Crippen molar-refractivity contribution in [3.63, 3.8) is 0 Å². The van der Waals surface area contributed by atoms with Crippen molar-refractivity contribution in [1.82, 2.24) is 25.5 Å². The first-order valence-electron chi connectivity index (χ1n) is 10.4. The van der Waals surface area contributed by atoms with Crippen LogP contribution in [0.15, 0.2) is 4.79 Å². The van der Waals surface area contributed by atoms with Crippen molar-refractivity contribution in [2.75, 3.05) is 13.1 Å². The molecule has 2 fully saturated rings. The van der Waals surface area contributed by atoms with Gasteiger partial charge in [0, 0.05) is 30.8 Å². The number of hydrogen-bond acceptors (Lipinski definition) is 6. The van der Waals surface area contributed by atoms with Gasteiger partial charge in [-0.2, -0.15) is 0 Å². The van der Waals surface area contributed by atoms with Crippen LogP contribution in [0.5, 0.6) is 0 Å². The van der Waals surface area contributed by atoms with E-state index in [2.05, 4.69) is 20.6 Å². The number of H-pyrrole nitrogens is 1. The van der Waals surface area contributed by atoms with E-state index in [0.29, 0.717) is 38.2 Å². The maximum absolute atomic E-state index is 12.6. The third-order valence-corrected chi connectivity index (χ3v) is 7.62. The zero-order valence-corrected chi connectivity index (χ0v) is 17.3. The number of aromatic nitrogens is 2. The van der Waals surface area contributed by atoms with Crippen LogP contribution in [0.4, 0.5) is 4.79 Å². The summed E-state index contributed by atoms with van der Waals surface area (Å²) in [7, 11) is 0. The third kappa shape index (κ3) is 3.19. The first-order valence-corrected chi connectivity index (χ1v) is 11.2. The molecule has 4 heterocycles. The van der Waals surface area contributed by atoms with Gasteiger partial charge < -0.3 is 15.2 Å². The molecule has 0 saturated carbocycles. The SMILES string of the molecule is O=C1NC(=O)C2(CCN(C(=O)CCc3nc4sc5c(c4c(=O)[nH]3)CCCC5)CC2)N1.